The maximum atomic E-state index is 11.7. The van der Waals surface area contributed by atoms with Gasteiger partial charge in [-0.15, -0.1) is 5.10 Å². The summed E-state index contributed by atoms with van der Waals surface area (Å²) in [4.78, 5) is 12.5. The predicted octanol–water partition coefficient (Wildman–Crippen LogP) is 1.61. The first-order chi connectivity index (χ1) is 6.77. The third kappa shape index (κ3) is 5.66. The van der Waals surface area contributed by atoms with Gasteiger partial charge in [-0.2, -0.15) is 13.2 Å². The van der Waals surface area contributed by atoms with Crippen LogP contribution in [-0.4, -0.2) is 26.3 Å². The molecule has 5 nitrogen and oxygen atoms in total. The van der Waals surface area contributed by atoms with E-state index in [0.29, 0.717) is 0 Å². The molecule has 0 atom stereocenters. The summed E-state index contributed by atoms with van der Waals surface area (Å²) >= 11 is 0. The lowest BCUT2D eigenvalue weighted by molar-refractivity contribution is -0.144. The number of carbonyl (C=O) groups is 1. The van der Waals surface area contributed by atoms with Crippen LogP contribution in [0, 0.1) is 6.92 Å². The van der Waals surface area contributed by atoms with Crippen molar-refractivity contribution in [1.82, 2.24) is 15.2 Å². The highest BCUT2D eigenvalue weighted by molar-refractivity contribution is 5.66. The van der Waals surface area contributed by atoms with Gasteiger partial charge in [0.1, 0.15) is 5.82 Å². The van der Waals surface area contributed by atoms with E-state index < -0.39 is 18.0 Å². The Hall–Kier alpha value is -1.60. The Morgan fingerprint density at radius 1 is 1.53 bits per heavy atom. The van der Waals surface area contributed by atoms with Crippen LogP contribution in [0.1, 0.15) is 25.0 Å². The molecule has 0 saturated carbocycles. The van der Waals surface area contributed by atoms with Crippen molar-refractivity contribution in [2.45, 2.75) is 26.4 Å². The van der Waals surface area contributed by atoms with Gasteiger partial charge < -0.3 is 5.11 Å². The summed E-state index contributed by atoms with van der Waals surface area (Å²) in [6.45, 7) is 3.00. The van der Waals surface area contributed by atoms with Crippen molar-refractivity contribution in [3.8, 4) is 0 Å². The number of rotatable bonds is 1. The molecule has 1 heterocycles. The first kappa shape index (κ1) is 13.4. The Morgan fingerprint density at radius 2 is 2.00 bits per heavy atom. The maximum absolute atomic E-state index is 11.7. The van der Waals surface area contributed by atoms with Crippen molar-refractivity contribution in [3.05, 3.63) is 11.6 Å². The van der Waals surface area contributed by atoms with E-state index in [1.165, 1.54) is 6.92 Å². The fourth-order valence-corrected chi connectivity index (χ4v) is 0.469. The lowest BCUT2D eigenvalue weighted by atomic mass is 10.5. The molecule has 15 heavy (non-hydrogen) atoms. The first-order valence-corrected chi connectivity index (χ1v) is 3.95. The summed E-state index contributed by atoms with van der Waals surface area (Å²) < 4.78 is 35.0. The number of hydrogen-bond acceptors (Lipinski definition) is 3. The Labute approximate surface area is 83.3 Å². The zero-order chi connectivity index (χ0) is 12.1. The molecule has 1 rings (SSSR count). The monoisotopic (exact) mass is 225 g/mol. The minimum Gasteiger partial charge on any atom is -0.481 e. The number of halogens is 3. The Morgan fingerprint density at radius 3 is 2.13 bits per heavy atom. The fraction of sp³-hybridized carbons (Fsp3) is 0.571. The summed E-state index contributed by atoms with van der Waals surface area (Å²) in [6.07, 6.45) is -4.22. The summed E-state index contributed by atoms with van der Waals surface area (Å²) in [6, 6.07) is 0. The van der Waals surface area contributed by atoms with Gasteiger partial charge in [0.05, 0.1) is 0 Å². The molecule has 0 aliphatic carbocycles. The van der Waals surface area contributed by atoms with Crippen molar-refractivity contribution in [2.75, 3.05) is 0 Å². The van der Waals surface area contributed by atoms with Crippen molar-refractivity contribution in [2.24, 2.45) is 0 Å². The standard InChI is InChI=1S/C4H4F3N3.C3H6O2/c1-2-8-3(10-9-2)4(5,6)7;1-2-3(4)5/h1H3,(H,8,9,10);2H2,1H3,(H,4,5). The van der Waals surface area contributed by atoms with Gasteiger partial charge in [-0.05, 0) is 6.92 Å². The largest absolute Gasteiger partial charge is 0.481 e. The Balaban J connectivity index is 0.000000336. The van der Waals surface area contributed by atoms with Gasteiger partial charge in [0.25, 0.3) is 5.82 Å². The Kier molecular flexibility index (Phi) is 4.75. The first-order valence-electron chi connectivity index (χ1n) is 3.95. The van der Waals surface area contributed by atoms with E-state index in [9.17, 15) is 18.0 Å². The van der Waals surface area contributed by atoms with Gasteiger partial charge >= 0.3 is 12.1 Å². The number of nitrogens with zero attached hydrogens (tertiary/aromatic N) is 2. The van der Waals surface area contributed by atoms with Crippen molar-refractivity contribution in [1.29, 1.82) is 0 Å². The van der Waals surface area contributed by atoms with Crippen LogP contribution < -0.4 is 0 Å². The second kappa shape index (κ2) is 5.32. The fourth-order valence-electron chi connectivity index (χ4n) is 0.469. The highest BCUT2D eigenvalue weighted by Crippen LogP contribution is 2.25. The number of carboxylic acids is 1. The molecular weight excluding hydrogens is 215 g/mol. The second-order valence-corrected chi connectivity index (χ2v) is 2.49. The van der Waals surface area contributed by atoms with E-state index in [2.05, 4.69) is 15.2 Å². The number of aromatic amines is 1. The van der Waals surface area contributed by atoms with E-state index >= 15 is 0 Å². The SMILES string of the molecule is CCC(=O)O.Cc1nc(C(F)(F)F)n[nH]1. The van der Waals surface area contributed by atoms with E-state index in [0.717, 1.165) is 0 Å². The zero-order valence-electron chi connectivity index (χ0n) is 8.09. The molecule has 0 amide bonds. The molecule has 0 unspecified atom stereocenters. The third-order valence-electron chi connectivity index (χ3n) is 1.15. The smallest absolute Gasteiger partial charge is 0.453 e. The molecule has 86 valence electrons. The number of alkyl halides is 3. The number of aromatic nitrogens is 3. The molecular formula is C7H10F3N3O2. The number of nitrogens with one attached hydrogen (secondary N) is 1. The minimum atomic E-state index is -4.44. The number of aryl methyl sites for hydroxylation is 1. The molecule has 1 aromatic heterocycles. The van der Waals surface area contributed by atoms with E-state index in [1.807, 2.05) is 0 Å². The van der Waals surface area contributed by atoms with Gasteiger partial charge in [-0.3, -0.25) is 9.89 Å². The number of aliphatic carboxylic acids is 1. The molecule has 0 aliphatic heterocycles. The summed E-state index contributed by atoms with van der Waals surface area (Å²) in [5.74, 6) is -1.71. The highest BCUT2D eigenvalue weighted by Gasteiger charge is 2.35. The van der Waals surface area contributed by atoms with Gasteiger partial charge in [-0.25, -0.2) is 4.98 Å². The molecule has 0 spiro atoms. The van der Waals surface area contributed by atoms with Crippen LogP contribution >= 0.6 is 0 Å². The van der Waals surface area contributed by atoms with E-state index in [-0.39, 0.29) is 12.2 Å². The summed E-state index contributed by atoms with van der Waals surface area (Å²) in [5.41, 5.74) is 0. The van der Waals surface area contributed by atoms with Gasteiger partial charge in [-0.1, -0.05) is 6.92 Å². The van der Waals surface area contributed by atoms with Gasteiger partial charge in [0.15, 0.2) is 0 Å². The van der Waals surface area contributed by atoms with Crippen LogP contribution in [0.4, 0.5) is 13.2 Å². The molecule has 0 fully saturated rings. The van der Waals surface area contributed by atoms with Crippen LogP contribution in [-0.2, 0) is 11.0 Å². The lowest BCUT2D eigenvalue weighted by Crippen LogP contribution is -2.07. The average Bonchev–Trinajstić information content (AvgIpc) is 2.52. The van der Waals surface area contributed by atoms with Gasteiger partial charge in [0, 0.05) is 6.42 Å². The van der Waals surface area contributed by atoms with Crippen molar-refractivity contribution in [3.63, 3.8) is 0 Å². The number of carboxylic acid groups (broad SMARTS) is 1. The molecule has 1 aromatic rings. The third-order valence-corrected chi connectivity index (χ3v) is 1.15. The zero-order valence-corrected chi connectivity index (χ0v) is 8.09. The van der Waals surface area contributed by atoms with Crippen LogP contribution in [0.2, 0.25) is 0 Å². The van der Waals surface area contributed by atoms with Crippen LogP contribution in [0.3, 0.4) is 0 Å². The topological polar surface area (TPSA) is 78.9 Å². The van der Waals surface area contributed by atoms with E-state index in [4.69, 9.17) is 5.11 Å². The van der Waals surface area contributed by atoms with Crippen molar-refractivity contribution >= 4 is 5.97 Å². The highest BCUT2D eigenvalue weighted by atomic mass is 19.4. The van der Waals surface area contributed by atoms with E-state index in [1.54, 1.807) is 6.92 Å². The van der Waals surface area contributed by atoms with Crippen LogP contribution in [0.15, 0.2) is 0 Å². The summed E-state index contributed by atoms with van der Waals surface area (Å²) in [7, 11) is 0. The van der Waals surface area contributed by atoms with Crippen LogP contribution in [0.25, 0.3) is 0 Å². The molecule has 0 saturated heterocycles. The minimum absolute atomic E-state index is 0.160. The maximum Gasteiger partial charge on any atom is 0.453 e. The second-order valence-electron chi connectivity index (χ2n) is 2.49. The normalized spacial score (nSPS) is 10.5. The number of H-pyrrole nitrogens is 1. The molecule has 0 aromatic carbocycles. The molecule has 0 radical (unpaired) electrons. The van der Waals surface area contributed by atoms with Crippen LogP contribution in [0.5, 0.6) is 0 Å². The Bertz CT molecular complexity index is 322. The van der Waals surface area contributed by atoms with Gasteiger partial charge in [0.2, 0.25) is 0 Å². The lowest BCUT2D eigenvalue weighted by Gasteiger charge is -1.96. The number of hydrogen-bond donors (Lipinski definition) is 2. The van der Waals surface area contributed by atoms with Crippen molar-refractivity contribution < 1.29 is 23.1 Å². The molecule has 2 N–H and O–H groups in total. The summed E-state index contributed by atoms with van der Waals surface area (Å²) in [5, 5.41) is 12.7. The quantitative estimate of drug-likeness (QED) is 0.761. The molecule has 0 bridgehead atoms. The molecule has 0 aliphatic rings. The predicted molar refractivity (Wildman–Crippen MR) is 44.0 cm³/mol. The average molecular weight is 225 g/mol. The molecule has 8 heteroatoms.